The van der Waals surface area contributed by atoms with Gasteiger partial charge in [0, 0.05) is 5.69 Å². The van der Waals surface area contributed by atoms with Gasteiger partial charge in [-0.2, -0.15) is 0 Å². The summed E-state index contributed by atoms with van der Waals surface area (Å²) in [6.07, 6.45) is 1.64. The molecule has 82 valence electrons. The number of carboxylic acid groups (broad SMARTS) is 1. The van der Waals surface area contributed by atoms with Gasteiger partial charge in [0.15, 0.2) is 0 Å². The minimum atomic E-state index is -0.846. The molecule has 1 aromatic heterocycles. The zero-order valence-electron chi connectivity index (χ0n) is 8.92. The minimum Gasteiger partial charge on any atom is -0.481 e. The molecule has 0 atom stereocenters. The predicted octanol–water partition coefficient (Wildman–Crippen LogP) is 1.81. The van der Waals surface area contributed by atoms with Gasteiger partial charge in [-0.15, -0.1) is 0 Å². The molecular weight excluding hydrogens is 204 g/mol. The Kier molecular flexibility index (Phi) is 2.72. The second-order valence-electron chi connectivity index (χ2n) is 3.55. The molecule has 0 bridgehead atoms. The van der Waals surface area contributed by atoms with Gasteiger partial charge in [-0.3, -0.25) is 4.79 Å². The molecule has 1 N–H and O–H groups in total. The Bertz CT molecular complexity index is 503. The van der Waals surface area contributed by atoms with Crippen molar-refractivity contribution in [2.45, 2.75) is 13.3 Å². The Balaban J connectivity index is 2.46. The van der Waals surface area contributed by atoms with Crippen molar-refractivity contribution >= 4 is 5.97 Å². The molecule has 0 unspecified atom stereocenters. The Morgan fingerprint density at radius 3 is 2.69 bits per heavy atom. The van der Waals surface area contributed by atoms with Crippen molar-refractivity contribution in [2.75, 3.05) is 0 Å². The maximum Gasteiger partial charge on any atom is 0.309 e. The van der Waals surface area contributed by atoms with E-state index in [2.05, 4.69) is 4.98 Å². The lowest BCUT2D eigenvalue weighted by atomic mass is 10.2. The molecule has 4 heteroatoms. The van der Waals surface area contributed by atoms with Gasteiger partial charge in [0.05, 0.1) is 24.1 Å². The summed E-state index contributed by atoms with van der Waals surface area (Å²) in [7, 11) is 0. The Hall–Kier alpha value is -2.10. The lowest BCUT2D eigenvalue weighted by molar-refractivity contribution is -0.136. The van der Waals surface area contributed by atoms with Crippen molar-refractivity contribution in [3.8, 4) is 5.69 Å². The van der Waals surface area contributed by atoms with Crippen LogP contribution in [0.25, 0.3) is 5.69 Å². The molecule has 2 rings (SSSR count). The van der Waals surface area contributed by atoms with Crippen LogP contribution >= 0.6 is 0 Å². The van der Waals surface area contributed by atoms with Gasteiger partial charge in [0.25, 0.3) is 0 Å². The Morgan fingerprint density at radius 2 is 2.06 bits per heavy atom. The van der Waals surface area contributed by atoms with E-state index in [4.69, 9.17) is 5.11 Å². The maximum atomic E-state index is 10.8. The van der Waals surface area contributed by atoms with Gasteiger partial charge in [-0.05, 0) is 19.1 Å². The average molecular weight is 216 g/mol. The first kappa shape index (κ1) is 10.4. The van der Waals surface area contributed by atoms with Crippen LogP contribution in [-0.2, 0) is 11.2 Å². The second-order valence-corrected chi connectivity index (χ2v) is 3.55. The highest BCUT2D eigenvalue weighted by Crippen LogP contribution is 2.14. The first-order chi connectivity index (χ1) is 7.68. The fourth-order valence-electron chi connectivity index (χ4n) is 1.63. The summed E-state index contributed by atoms with van der Waals surface area (Å²) in [4.78, 5) is 14.9. The number of aryl methyl sites for hydroxylation is 1. The average Bonchev–Trinajstić information content (AvgIpc) is 2.61. The van der Waals surface area contributed by atoms with Crippen molar-refractivity contribution < 1.29 is 9.90 Å². The van der Waals surface area contributed by atoms with Crippen molar-refractivity contribution in [3.05, 3.63) is 48.0 Å². The summed E-state index contributed by atoms with van der Waals surface area (Å²) in [6, 6.07) is 9.59. The van der Waals surface area contributed by atoms with Crippen molar-refractivity contribution in [2.24, 2.45) is 0 Å². The van der Waals surface area contributed by atoms with Crippen LogP contribution in [0.15, 0.2) is 36.7 Å². The van der Waals surface area contributed by atoms with E-state index in [1.54, 1.807) is 6.33 Å². The molecule has 0 radical (unpaired) electrons. The molecule has 16 heavy (non-hydrogen) atoms. The third-order valence-corrected chi connectivity index (χ3v) is 2.43. The lowest BCUT2D eigenvalue weighted by Gasteiger charge is -2.06. The number of rotatable bonds is 3. The van der Waals surface area contributed by atoms with Gasteiger partial charge in [-0.25, -0.2) is 4.98 Å². The van der Waals surface area contributed by atoms with Crippen LogP contribution in [0.1, 0.15) is 11.4 Å². The quantitative estimate of drug-likeness (QED) is 0.851. The van der Waals surface area contributed by atoms with E-state index in [0.717, 1.165) is 17.1 Å². The van der Waals surface area contributed by atoms with Crippen LogP contribution in [0.4, 0.5) is 0 Å². The molecule has 1 aromatic carbocycles. The molecule has 0 aliphatic rings. The molecule has 1 heterocycles. The maximum absolute atomic E-state index is 10.8. The van der Waals surface area contributed by atoms with Crippen LogP contribution in [0.3, 0.4) is 0 Å². The van der Waals surface area contributed by atoms with Gasteiger partial charge < -0.3 is 9.67 Å². The fourth-order valence-corrected chi connectivity index (χ4v) is 1.63. The summed E-state index contributed by atoms with van der Waals surface area (Å²) < 4.78 is 1.81. The van der Waals surface area contributed by atoms with E-state index < -0.39 is 5.97 Å². The first-order valence-corrected chi connectivity index (χ1v) is 4.98. The third-order valence-electron chi connectivity index (χ3n) is 2.43. The number of carbonyl (C=O) groups is 1. The zero-order valence-corrected chi connectivity index (χ0v) is 8.92. The highest BCUT2D eigenvalue weighted by Gasteiger charge is 2.11. The normalized spacial score (nSPS) is 10.3. The summed E-state index contributed by atoms with van der Waals surface area (Å²) in [5.74, 6) is -0.846. The predicted molar refractivity (Wildman–Crippen MR) is 59.6 cm³/mol. The van der Waals surface area contributed by atoms with Crippen molar-refractivity contribution in [1.82, 2.24) is 9.55 Å². The Labute approximate surface area is 93.2 Å². The number of nitrogens with zero attached hydrogens (tertiary/aromatic N) is 2. The number of para-hydroxylation sites is 1. The van der Waals surface area contributed by atoms with Crippen LogP contribution in [-0.4, -0.2) is 20.6 Å². The van der Waals surface area contributed by atoms with Gasteiger partial charge in [-0.1, -0.05) is 18.2 Å². The number of benzene rings is 1. The fraction of sp³-hybridized carbons (Fsp3) is 0.167. The van der Waals surface area contributed by atoms with Gasteiger partial charge in [0.1, 0.15) is 0 Å². The molecule has 2 aromatic rings. The van der Waals surface area contributed by atoms with Crippen LogP contribution in [0.5, 0.6) is 0 Å². The summed E-state index contributed by atoms with van der Waals surface area (Å²) >= 11 is 0. The van der Waals surface area contributed by atoms with Gasteiger partial charge in [0.2, 0.25) is 0 Å². The van der Waals surface area contributed by atoms with Crippen LogP contribution in [0, 0.1) is 6.92 Å². The number of aliphatic carboxylic acids is 1. The molecule has 0 aliphatic heterocycles. The molecule has 4 nitrogen and oxygen atoms in total. The molecule has 0 saturated carbocycles. The van der Waals surface area contributed by atoms with E-state index in [9.17, 15) is 4.79 Å². The van der Waals surface area contributed by atoms with E-state index in [1.807, 2.05) is 41.8 Å². The number of hydrogen-bond donors (Lipinski definition) is 1. The highest BCUT2D eigenvalue weighted by atomic mass is 16.4. The third kappa shape index (κ3) is 1.95. The zero-order chi connectivity index (χ0) is 11.5. The summed E-state index contributed by atoms with van der Waals surface area (Å²) in [5, 5.41) is 8.84. The monoisotopic (exact) mass is 216 g/mol. The number of aromatic nitrogens is 2. The Morgan fingerprint density at radius 1 is 1.38 bits per heavy atom. The highest BCUT2D eigenvalue weighted by molar-refractivity contribution is 5.70. The minimum absolute atomic E-state index is 0.0132. The topological polar surface area (TPSA) is 55.1 Å². The molecule has 0 fully saturated rings. The van der Waals surface area contributed by atoms with E-state index in [1.165, 1.54) is 0 Å². The van der Waals surface area contributed by atoms with Crippen molar-refractivity contribution in [3.63, 3.8) is 0 Å². The molecule has 0 saturated heterocycles. The summed E-state index contributed by atoms with van der Waals surface area (Å²) in [6.45, 7) is 1.82. The van der Waals surface area contributed by atoms with E-state index >= 15 is 0 Å². The molecule has 0 spiro atoms. The second kappa shape index (κ2) is 4.18. The SMILES string of the molecule is Cc1ncn(-c2ccccc2)c1CC(=O)O. The number of carboxylic acids is 1. The molecule has 0 aliphatic carbocycles. The standard InChI is InChI=1S/C12H12N2O2/c1-9-11(7-12(15)16)14(8-13-9)10-5-3-2-4-6-10/h2-6,8H,7H2,1H3,(H,15,16). The summed E-state index contributed by atoms with van der Waals surface area (Å²) in [5.41, 5.74) is 2.41. The largest absolute Gasteiger partial charge is 0.481 e. The first-order valence-electron chi connectivity index (χ1n) is 4.98. The molecule has 0 amide bonds. The van der Waals surface area contributed by atoms with Gasteiger partial charge >= 0.3 is 5.97 Å². The lowest BCUT2D eigenvalue weighted by Crippen LogP contribution is -2.07. The molecular formula is C12H12N2O2. The number of imidazole rings is 1. The van der Waals surface area contributed by atoms with Crippen molar-refractivity contribution in [1.29, 1.82) is 0 Å². The van der Waals surface area contributed by atoms with Crippen LogP contribution < -0.4 is 0 Å². The smallest absolute Gasteiger partial charge is 0.309 e. The number of hydrogen-bond acceptors (Lipinski definition) is 2. The van der Waals surface area contributed by atoms with Crippen LogP contribution in [0.2, 0.25) is 0 Å². The van der Waals surface area contributed by atoms with E-state index in [-0.39, 0.29) is 6.42 Å². The van der Waals surface area contributed by atoms with E-state index in [0.29, 0.717) is 0 Å².